The molecule has 1 aromatic rings. The number of aryl methyl sites for hydroxylation is 1. The van der Waals surface area contributed by atoms with Gasteiger partial charge in [-0.1, -0.05) is 32.9 Å². The molecular weight excluding hydrogens is 222 g/mol. The van der Waals surface area contributed by atoms with Crippen molar-refractivity contribution in [3.8, 4) is 5.75 Å². The van der Waals surface area contributed by atoms with Crippen LogP contribution in [-0.4, -0.2) is 20.2 Å². The number of hydrogen-bond acceptors (Lipinski definition) is 2. The van der Waals surface area contributed by atoms with E-state index >= 15 is 0 Å². The van der Waals surface area contributed by atoms with Crippen LogP contribution in [0.4, 0.5) is 0 Å². The van der Waals surface area contributed by atoms with Gasteiger partial charge in [0.2, 0.25) is 0 Å². The highest BCUT2D eigenvalue weighted by molar-refractivity contribution is 5.27. The fraction of sp³-hybridized carbons (Fsp3) is 0.625. The van der Waals surface area contributed by atoms with Crippen LogP contribution in [0.3, 0.4) is 0 Å². The Morgan fingerprint density at radius 1 is 1.11 bits per heavy atom. The van der Waals surface area contributed by atoms with Crippen molar-refractivity contribution in [3.63, 3.8) is 0 Å². The number of methoxy groups -OCH3 is 1. The molecule has 1 N–H and O–H groups in total. The van der Waals surface area contributed by atoms with E-state index in [0.29, 0.717) is 17.9 Å². The van der Waals surface area contributed by atoms with Crippen LogP contribution < -0.4 is 10.1 Å². The first-order chi connectivity index (χ1) is 8.58. The first-order valence-electron chi connectivity index (χ1n) is 6.88. The van der Waals surface area contributed by atoms with E-state index in [1.807, 2.05) is 12.1 Å². The van der Waals surface area contributed by atoms with Crippen molar-refractivity contribution in [2.24, 2.45) is 11.8 Å². The molecule has 0 aliphatic carbocycles. The average molecular weight is 249 g/mol. The van der Waals surface area contributed by atoms with Crippen LogP contribution in [0.15, 0.2) is 24.3 Å². The van der Waals surface area contributed by atoms with Gasteiger partial charge in [-0.3, -0.25) is 0 Å². The maximum absolute atomic E-state index is 5.17. The fourth-order valence-corrected chi connectivity index (χ4v) is 2.64. The lowest BCUT2D eigenvalue weighted by Crippen LogP contribution is -2.37. The summed E-state index contributed by atoms with van der Waals surface area (Å²) >= 11 is 0. The van der Waals surface area contributed by atoms with Gasteiger partial charge in [0.05, 0.1) is 7.11 Å². The smallest absolute Gasteiger partial charge is 0.118 e. The van der Waals surface area contributed by atoms with Crippen LogP contribution in [0, 0.1) is 11.8 Å². The Bertz CT molecular complexity index is 331. The van der Waals surface area contributed by atoms with Gasteiger partial charge in [-0.2, -0.15) is 0 Å². The van der Waals surface area contributed by atoms with E-state index in [1.165, 1.54) is 12.0 Å². The van der Waals surface area contributed by atoms with Gasteiger partial charge in [-0.15, -0.1) is 0 Å². The second kappa shape index (κ2) is 7.42. The van der Waals surface area contributed by atoms with E-state index in [1.54, 1.807) is 7.11 Å². The van der Waals surface area contributed by atoms with E-state index in [9.17, 15) is 0 Å². The van der Waals surface area contributed by atoms with Crippen LogP contribution in [0.25, 0.3) is 0 Å². The molecule has 0 radical (unpaired) electrons. The van der Waals surface area contributed by atoms with Crippen molar-refractivity contribution in [3.05, 3.63) is 29.8 Å². The summed E-state index contributed by atoms with van der Waals surface area (Å²) in [6.07, 6.45) is 2.35. The van der Waals surface area contributed by atoms with Gasteiger partial charge in [-0.05, 0) is 49.4 Å². The zero-order chi connectivity index (χ0) is 13.5. The lowest BCUT2D eigenvalue weighted by atomic mass is 9.87. The van der Waals surface area contributed by atoms with Gasteiger partial charge in [0, 0.05) is 6.04 Å². The maximum atomic E-state index is 5.17. The van der Waals surface area contributed by atoms with Crippen molar-refractivity contribution in [2.75, 3.05) is 14.2 Å². The summed E-state index contributed by atoms with van der Waals surface area (Å²) in [6, 6.07) is 9.00. The highest BCUT2D eigenvalue weighted by Crippen LogP contribution is 2.19. The number of benzene rings is 1. The molecule has 1 aromatic carbocycles. The molecule has 1 rings (SSSR count). The molecule has 0 bridgehead atoms. The molecule has 0 aromatic heterocycles. The third-order valence-electron chi connectivity index (χ3n) is 3.71. The van der Waals surface area contributed by atoms with E-state index in [-0.39, 0.29) is 0 Å². The van der Waals surface area contributed by atoms with Crippen LogP contribution in [-0.2, 0) is 6.42 Å². The Hall–Kier alpha value is -1.02. The average Bonchev–Trinajstić information content (AvgIpc) is 2.37. The number of hydrogen-bond donors (Lipinski definition) is 1. The maximum Gasteiger partial charge on any atom is 0.118 e. The minimum Gasteiger partial charge on any atom is -0.497 e. The highest BCUT2D eigenvalue weighted by Gasteiger charge is 2.18. The fourth-order valence-electron chi connectivity index (χ4n) is 2.64. The highest BCUT2D eigenvalue weighted by atomic mass is 16.5. The second-order valence-corrected chi connectivity index (χ2v) is 5.42. The normalized spacial score (nSPS) is 14.6. The molecule has 2 atom stereocenters. The van der Waals surface area contributed by atoms with Gasteiger partial charge in [0.25, 0.3) is 0 Å². The summed E-state index contributed by atoms with van der Waals surface area (Å²) in [4.78, 5) is 0. The van der Waals surface area contributed by atoms with Gasteiger partial charge in [0.1, 0.15) is 5.75 Å². The molecule has 0 heterocycles. The molecular formula is C16H27NO. The molecule has 0 fully saturated rings. The standard InChI is InChI=1S/C16H27NO/c1-12(2)16(17-4)13(3)6-7-14-8-10-15(18-5)11-9-14/h8-13,16-17H,6-7H2,1-5H3. The van der Waals surface area contributed by atoms with E-state index < -0.39 is 0 Å². The Morgan fingerprint density at radius 3 is 2.17 bits per heavy atom. The van der Waals surface area contributed by atoms with Crippen molar-refractivity contribution in [1.82, 2.24) is 5.32 Å². The van der Waals surface area contributed by atoms with Crippen LogP contribution in [0.1, 0.15) is 32.8 Å². The molecule has 2 nitrogen and oxygen atoms in total. The molecule has 0 aliphatic rings. The van der Waals surface area contributed by atoms with Gasteiger partial charge in [0.15, 0.2) is 0 Å². The summed E-state index contributed by atoms with van der Waals surface area (Å²) in [6.45, 7) is 6.90. The monoisotopic (exact) mass is 249 g/mol. The lowest BCUT2D eigenvalue weighted by molar-refractivity contribution is 0.302. The SMILES string of the molecule is CNC(C(C)C)C(C)CCc1ccc(OC)cc1. The predicted molar refractivity (Wildman–Crippen MR) is 78.2 cm³/mol. The summed E-state index contributed by atoms with van der Waals surface area (Å²) in [5.74, 6) is 2.31. The van der Waals surface area contributed by atoms with Crippen molar-refractivity contribution < 1.29 is 4.74 Å². The first kappa shape index (κ1) is 15.0. The minimum absolute atomic E-state index is 0.600. The molecule has 2 heteroatoms. The predicted octanol–water partition coefficient (Wildman–Crippen LogP) is 3.51. The quantitative estimate of drug-likeness (QED) is 0.798. The summed E-state index contributed by atoms with van der Waals surface area (Å²) in [5, 5.41) is 3.44. The molecule has 0 spiro atoms. The van der Waals surface area contributed by atoms with Crippen molar-refractivity contribution in [2.45, 2.75) is 39.7 Å². The molecule has 0 saturated heterocycles. The summed E-state index contributed by atoms with van der Waals surface area (Å²) < 4.78 is 5.17. The summed E-state index contributed by atoms with van der Waals surface area (Å²) in [7, 11) is 3.77. The van der Waals surface area contributed by atoms with Gasteiger partial charge < -0.3 is 10.1 Å². The summed E-state index contributed by atoms with van der Waals surface area (Å²) in [5.41, 5.74) is 1.39. The van der Waals surface area contributed by atoms with Gasteiger partial charge >= 0.3 is 0 Å². The molecule has 0 aliphatic heterocycles. The third-order valence-corrected chi connectivity index (χ3v) is 3.71. The van der Waals surface area contributed by atoms with E-state index in [4.69, 9.17) is 4.74 Å². The first-order valence-corrected chi connectivity index (χ1v) is 6.88. The molecule has 2 unspecified atom stereocenters. The number of ether oxygens (including phenoxy) is 1. The van der Waals surface area contributed by atoms with Crippen LogP contribution in [0.5, 0.6) is 5.75 Å². The molecule has 0 saturated carbocycles. The largest absolute Gasteiger partial charge is 0.497 e. The van der Waals surface area contributed by atoms with Crippen LogP contribution >= 0.6 is 0 Å². The Kier molecular flexibility index (Phi) is 6.20. The lowest BCUT2D eigenvalue weighted by Gasteiger charge is -2.27. The van der Waals surface area contributed by atoms with Crippen molar-refractivity contribution >= 4 is 0 Å². The van der Waals surface area contributed by atoms with E-state index in [2.05, 4.69) is 45.3 Å². The zero-order valence-corrected chi connectivity index (χ0v) is 12.4. The van der Waals surface area contributed by atoms with Crippen molar-refractivity contribution in [1.29, 1.82) is 0 Å². The Morgan fingerprint density at radius 2 is 1.72 bits per heavy atom. The van der Waals surface area contributed by atoms with Gasteiger partial charge in [-0.25, -0.2) is 0 Å². The topological polar surface area (TPSA) is 21.3 Å². The number of rotatable bonds is 7. The third kappa shape index (κ3) is 4.34. The van der Waals surface area contributed by atoms with E-state index in [0.717, 1.165) is 12.2 Å². The minimum atomic E-state index is 0.600. The Balaban J connectivity index is 2.48. The van der Waals surface area contributed by atoms with Crippen LogP contribution in [0.2, 0.25) is 0 Å². The number of nitrogens with one attached hydrogen (secondary N) is 1. The molecule has 0 amide bonds. The second-order valence-electron chi connectivity index (χ2n) is 5.42. The molecule has 102 valence electrons. The molecule has 18 heavy (non-hydrogen) atoms. The Labute approximate surface area is 112 Å². The zero-order valence-electron chi connectivity index (χ0n) is 12.4.